The molecule has 7 nitrogen and oxygen atoms in total. The first-order chi connectivity index (χ1) is 17.4. The number of esters is 1. The number of sulfonamides is 1. The molecule has 0 amide bonds. The molecule has 1 aliphatic heterocycles. The Labute approximate surface area is 213 Å². The van der Waals surface area contributed by atoms with E-state index in [1.165, 1.54) is 0 Å². The van der Waals surface area contributed by atoms with E-state index in [2.05, 4.69) is 4.40 Å². The molecule has 0 spiro atoms. The lowest BCUT2D eigenvalue weighted by atomic mass is 10.1. The number of rotatable bonds is 7. The number of benzene rings is 3. The van der Waals surface area contributed by atoms with Crippen LogP contribution < -0.4 is 14.4 Å². The van der Waals surface area contributed by atoms with Crippen LogP contribution >= 0.6 is 11.3 Å². The number of aryl methyl sites for hydroxylation is 1. The number of nitrogens with zero attached hydrogens (tertiary/aromatic N) is 2. The highest BCUT2D eigenvalue weighted by atomic mass is 32.2. The lowest BCUT2D eigenvalue weighted by Crippen LogP contribution is -2.30. The third kappa shape index (κ3) is 5.17. The predicted molar refractivity (Wildman–Crippen MR) is 139 cm³/mol. The summed E-state index contributed by atoms with van der Waals surface area (Å²) in [6.07, 6.45) is 0. The van der Waals surface area contributed by atoms with E-state index < -0.39 is 16.0 Å². The molecule has 0 aliphatic carbocycles. The van der Waals surface area contributed by atoms with Gasteiger partial charge in [-0.1, -0.05) is 35.9 Å². The summed E-state index contributed by atoms with van der Waals surface area (Å²) < 4.78 is 40.3. The Kier molecular flexibility index (Phi) is 6.58. The molecule has 0 fully saturated rings. The normalized spacial score (nSPS) is 13.5. The molecule has 0 atom stereocenters. The monoisotopic (exact) mass is 518 g/mol. The molecule has 1 aliphatic rings. The second kappa shape index (κ2) is 9.96. The molecule has 4 aromatic rings. The van der Waals surface area contributed by atoms with Crippen LogP contribution in [0.4, 0.5) is 5.69 Å². The van der Waals surface area contributed by atoms with E-state index in [4.69, 9.17) is 9.47 Å². The molecule has 9 heteroatoms. The van der Waals surface area contributed by atoms with Gasteiger partial charge in [-0.15, -0.1) is 15.7 Å². The molecular formula is C27H22N2O5S2. The van der Waals surface area contributed by atoms with Crippen LogP contribution in [0.3, 0.4) is 0 Å². The van der Waals surface area contributed by atoms with Crippen molar-refractivity contribution in [2.24, 2.45) is 4.40 Å². The third-order valence-corrected chi connectivity index (χ3v) is 7.71. The number of carbonyl (C=O) groups is 1. The zero-order chi connectivity index (χ0) is 25.1. The summed E-state index contributed by atoms with van der Waals surface area (Å²) in [5.41, 5.74) is 2.37. The van der Waals surface area contributed by atoms with Gasteiger partial charge in [0, 0.05) is 16.1 Å². The van der Waals surface area contributed by atoms with Crippen molar-refractivity contribution in [1.82, 2.24) is 0 Å². The molecule has 0 N–H and O–H groups in total. The molecule has 0 saturated heterocycles. The maximum absolute atomic E-state index is 12.7. The quantitative estimate of drug-likeness (QED) is 0.247. The Bertz CT molecular complexity index is 1510. The van der Waals surface area contributed by atoms with Gasteiger partial charge >= 0.3 is 5.97 Å². The Hall–Kier alpha value is -3.95. The van der Waals surface area contributed by atoms with E-state index >= 15 is 0 Å². The van der Waals surface area contributed by atoms with Crippen molar-refractivity contribution in [2.45, 2.75) is 18.4 Å². The molecule has 0 saturated carbocycles. The van der Waals surface area contributed by atoms with Crippen molar-refractivity contribution in [3.63, 3.8) is 0 Å². The Morgan fingerprint density at radius 1 is 0.917 bits per heavy atom. The standard InChI is InChI=1S/C27H22N2O5S2/c1-19-8-12-21(13-9-19)33-18-26(30)34-22-14-10-20(11-15-22)29(17-23-5-4-16-35-23)27-24-6-2-3-7-25(24)36(31,32)28-27/h2-16H,17-18H2,1H3. The van der Waals surface area contributed by atoms with Crippen LogP contribution in [0.1, 0.15) is 16.0 Å². The van der Waals surface area contributed by atoms with Crippen LogP contribution in [0.5, 0.6) is 11.5 Å². The lowest BCUT2D eigenvalue weighted by molar-refractivity contribution is -0.136. The van der Waals surface area contributed by atoms with Crippen molar-refractivity contribution >= 4 is 38.9 Å². The molecule has 1 aromatic heterocycles. The van der Waals surface area contributed by atoms with E-state index in [1.807, 2.05) is 41.5 Å². The van der Waals surface area contributed by atoms with E-state index in [0.29, 0.717) is 35.1 Å². The molecule has 0 bridgehead atoms. The topological polar surface area (TPSA) is 85.3 Å². The van der Waals surface area contributed by atoms with Gasteiger partial charge in [-0.3, -0.25) is 0 Å². The summed E-state index contributed by atoms with van der Waals surface area (Å²) in [7, 11) is -3.78. The first-order valence-corrected chi connectivity index (χ1v) is 13.5. The second-order valence-corrected chi connectivity index (χ2v) is 10.7. The number of ether oxygens (including phenoxy) is 2. The van der Waals surface area contributed by atoms with Gasteiger partial charge in [-0.2, -0.15) is 8.42 Å². The summed E-state index contributed by atoms with van der Waals surface area (Å²) in [5, 5.41) is 1.97. The van der Waals surface area contributed by atoms with Crippen LogP contribution in [0.25, 0.3) is 0 Å². The molecule has 5 rings (SSSR count). The average Bonchev–Trinajstić information content (AvgIpc) is 3.49. The molecule has 0 radical (unpaired) electrons. The van der Waals surface area contributed by atoms with Gasteiger partial charge in [0.05, 0.1) is 6.54 Å². The van der Waals surface area contributed by atoms with Gasteiger partial charge in [-0.05, 0) is 66.9 Å². The fourth-order valence-corrected chi connectivity index (χ4v) is 5.67. The van der Waals surface area contributed by atoms with Crippen LogP contribution in [-0.4, -0.2) is 26.8 Å². The minimum Gasteiger partial charge on any atom is -0.482 e. The average molecular weight is 519 g/mol. The minimum absolute atomic E-state index is 0.190. The van der Waals surface area contributed by atoms with E-state index in [0.717, 1.165) is 10.4 Å². The van der Waals surface area contributed by atoms with Crippen molar-refractivity contribution in [1.29, 1.82) is 0 Å². The first-order valence-electron chi connectivity index (χ1n) is 11.1. The lowest BCUT2D eigenvalue weighted by Gasteiger charge is -2.24. The van der Waals surface area contributed by atoms with Crippen molar-refractivity contribution in [2.75, 3.05) is 11.5 Å². The smallest absolute Gasteiger partial charge is 0.349 e. The number of hydrogen-bond acceptors (Lipinski definition) is 7. The number of thiophene rings is 1. The largest absolute Gasteiger partial charge is 0.482 e. The molecular weight excluding hydrogens is 496 g/mol. The molecule has 36 heavy (non-hydrogen) atoms. The summed E-state index contributed by atoms with van der Waals surface area (Å²) >= 11 is 1.57. The molecule has 3 aromatic carbocycles. The minimum atomic E-state index is -3.78. The summed E-state index contributed by atoms with van der Waals surface area (Å²) in [5.74, 6) is 0.771. The highest BCUT2D eigenvalue weighted by molar-refractivity contribution is 7.90. The van der Waals surface area contributed by atoms with Crippen LogP contribution in [-0.2, 0) is 21.4 Å². The van der Waals surface area contributed by atoms with Gasteiger partial charge < -0.3 is 14.4 Å². The number of carbonyl (C=O) groups excluding carboxylic acids is 1. The fraction of sp³-hybridized carbons (Fsp3) is 0.111. The van der Waals surface area contributed by atoms with Gasteiger partial charge in [0.2, 0.25) is 0 Å². The Morgan fingerprint density at radius 3 is 2.36 bits per heavy atom. The number of amidine groups is 1. The Morgan fingerprint density at radius 2 is 1.64 bits per heavy atom. The maximum Gasteiger partial charge on any atom is 0.349 e. The molecule has 0 unspecified atom stereocenters. The van der Waals surface area contributed by atoms with Crippen LogP contribution in [0.15, 0.2) is 99.6 Å². The van der Waals surface area contributed by atoms with E-state index in [-0.39, 0.29) is 11.5 Å². The van der Waals surface area contributed by atoms with E-state index in [9.17, 15) is 13.2 Å². The number of hydrogen-bond donors (Lipinski definition) is 0. The zero-order valence-corrected chi connectivity index (χ0v) is 21.0. The first kappa shape index (κ1) is 23.8. The van der Waals surface area contributed by atoms with Crippen LogP contribution in [0, 0.1) is 6.92 Å². The summed E-state index contributed by atoms with van der Waals surface area (Å²) in [6, 6.07) is 25.0. The van der Waals surface area contributed by atoms with E-state index in [1.54, 1.807) is 72.0 Å². The zero-order valence-electron chi connectivity index (χ0n) is 19.3. The SMILES string of the molecule is Cc1ccc(OCC(=O)Oc2ccc(N(Cc3cccs3)C3=NS(=O)(=O)c4ccccc43)cc2)cc1. The van der Waals surface area contributed by atoms with Gasteiger partial charge in [0.15, 0.2) is 12.4 Å². The van der Waals surface area contributed by atoms with Gasteiger partial charge in [-0.25, -0.2) is 4.79 Å². The Balaban J connectivity index is 1.35. The highest BCUT2D eigenvalue weighted by Crippen LogP contribution is 2.32. The highest BCUT2D eigenvalue weighted by Gasteiger charge is 2.32. The number of fused-ring (bicyclic) bond motifs is 1. The van der Waals surface area contributed by atoms with Crippen molar-refractivity contribution in [3.8, 4) is 11.5 Å². The van der Waals surface area contributed by atoms with Crippen molar-refractivity contribution < 1.29 is 22.7 Å². The third-order valence-electron chi connectivity index (χ3n) is 5.52. The van der Waals surface area contributed by atoms with Crippen LogP contribution in [0.2, 0.25) is 0 Å². The maximum atomic E-state index is 12.7. The van der Waals surface area contributed by atoms with Gasteiger partial charge in [0.25, 0.3) is 10.0 Å². The second-order valence-electron chi connectivity index (χ2n) is 8.12. The number of anilines is 1. The summed E-state index contributed by atoms with van der Waals surface area (Å²) in [6.45, 7) is 2.19. The fourth-order valence-electron chi connectivity index (χ4n) is 3.76. The van der Waals surface area contributed by atoms with Gasteiger partial charge in [0.1, 0.15) is 16.4 Å². The molecule has 2 heterocycles. The predicted octanol–water partition coefficient (Wildman–Crippen LogP) is 5.20. The summed E-state index contributed by atoms with van der Waals surface area (Å²) in [4.78, 5) is 15.3. The molecule has 182 valence electrons. The van der Waals surface area contributed by atoms with Crippen molar-refractivity contribution in [3.05, 3.63) is 106 Å².